The van der Waals surface area contributed by atoms with Crippen molar-refractivity contribution in [2.75, 3.05) is 12.4 Å². The van der Waals surface area contributed by atoms with Crippen LogP contribution >= 0.6 is 0 Å². The molecule has 104 valence electrons. The summed E-state index contributed by atoms with van der Waals surface area (Å²) in [4.78, 5) is 10.1. The standard InChI is InChI=1S/C13H17FN2O3/c1-8-4-3-5-10(8)15-11-7-13(19-2)12(16(17)18)6-9(11)14/h6-8,10,15H,3-5H2,1-2H3. The zero-order chi connectivity index (χ0) is 14.0. The fraction of sp³-hybridized carbons (Fsp3) is 0.538. The zero-order valence-electron chi connectivity index (χ0n) is 11.0. The smallest absolute Gasteiger partial charge is 0.313 e. The van der Waals surface area contributed by atoms with Crippen LogP contribution in [0.5, 0.6) is 5.75 Å². The first-order valence-electron chi connectivity index (χ1n) is 6.31. The lowest BCUT2D eigenvalue weighted by Gasteiger charge is -2.19. The van der Waals surface area contributed by atoms with E-state index >= 15 is 0 Å². The van der Waals surface area contributed by atoms with Crippen molar-refractivity contribution in [3.8, 4) is 5.75 Å². The van der Waals surface area contributed by atoms with Crippen molar-refractivity contribution in [3.63, 3.8) is 0 Å². The van der Waals surface area contributed by atoms with Crippen LogP contribution < -0.4 is 10.1 Å². The summed E-state index contributed by atoms with van der Waals surface area (Å²) in [6.45, 7) is 2.12. The maximum atomic E-state index is 13.9. The molecule has 5 nitrogen and oxygen atoms in total. The van der Waals surface area contributed by atoms with Gasteiger partial charge in [-0.2, -0.15) is 0 Å². The van der Waals surface area contributed by atoms with Crippen LogP contribution in [0.2, 0.25) is 0 Å². The monoisotopic (exact) mass is 268 g/mol. The van der Waals surface area contributed by atoms with Crippen LogP contribution in [0, 0.1) is 21.8 Å². The minimum Gasteiger partial charge on any atom is -0.490 e. The van der Waals surface area contributed by atoms with Gasteiger partial charge in [0.2, 0.25) is 0 Å². The fourth-order valence-corrected chi connectivity index (χ4v) is 2.52. The van der Waals surface area contributed by atoms with Gasteiger partial charge in [0.25, 0.3) is 0 Å². The molecule has 1 N–H and O–H groups in total. The van der Waals surface area contributed by atoms with Crippen LogP contribution in [0.3, 0.4) is 0 Å². The Morgan fingerprint density at radius 2 is 2.21 bits per heavy atom. The molecule has 0 aliphatic heterocycles. The number of halogens is 1. The van der Waals surface area contributed by atoms with E-state index in [0.717, 1.165) is 25.3 Å². The predicted octanol–water partition coefficient (Wildman–Crippen LogP) is 3.34. The topological polar surface area (TPSA) is 64.4 Å². The summed E-state index contributed by atoms with van der Waals surface area (Å²) in [6, 6.07) is 2.47. The van der Waals surface area contributed by atoms with E-state index in [-0.39, 0.29) is 23.2 Å². The average Bonchev–Trinajstić information content (AvgIpc) is 2.77. The number of nitrogens with zero attached hydrogens (tertiary/aromatic N) is 1. The molecule has 0 radical (unpaired) electrons. The molecule has 0 spiro atoms. The summed E-state index contributed by atoms with van der Waals surface area (Å²) in [6.07, 6.45) is 3.22. The van der Waals surface area contributed by atoms with Crippen LogP contribution in [0.15, 0.2) is 12.1 Å². The summed E-state index contributed by atoms with van der Waals surface area (Å²) >= 11 is 0. The number of methoxy groups -OCH3 is 1. The summed E-state index contributed by atoms with van der Waals surface area (Å²) in [5, 5.41) is 13.9. The molecule has 2 unspecified atom stereocenters. The number of hydrogen-bond acceptors (Lipinski definition) is 4. The van der Waals surface area contributed by atoms with E-state index in [1.54, 1.807) is 0 Å². The molecule has 0 bridgehead atoms. The number of benzene rings is 1. The maximum absolute atomic E-state index is 13.9. The number of hydrogen-bond donors (Lipinski definition) is 1. The quantitative estimate of drug-likeness (QED) is 0.672. The normalized spacial score (nSPS) is 22.3. The van der Waals surface area contributed by atoms with Gasteiger partial charge >= 0.3 is 5.69 Å². The number of nitro benzene ring substituents is 1. The van der Waals surface area contributed by atoms with E-state index < -0.39 is 10.7 Å². The van der Waals surface area contributed by atoms with Gasteiger partial charge in [-0.3, -0.25) is 10.1 Å². The van der Waals surface area contributed by atoms with E-state index in [2.05, 4.69) is 12.2 Å². The highest BCUT2D eigenvalue weighted by Gasteiger charge is 2.26. The first kappa shape index (κ1) is 13.6. The second-order valence-electron chi connectivity index (χ2n) is 4.92. The Hall–Kier alpha value is -1.85. The largest absolute Gasteiger partial charge is 0.490 e. The third kappa shape index (κ3) is 2.77. The molecule has 0 saturated heterocycles. The van der Waals surface area contributed by atoms with Crippen LogP contribution in [0.25, 0.3) is 0 Å². The molecule has 0 heterocycles. The first-order chi connectivity index (χ1) is 9.02. The molecule has 6 heteroatoms. The van der Waals surface area contributed by atoms with Crippen LogP contribution in [-0.4, -0.2) is 18.1 Å². The highest BCUT2D eigenvalue weighted by Crippen LogP contribution is 2.35. The summed E-state index contributed by atoms with van der Waals surface area (Å²) in [5.41, 5.74) is -0.0915. The van der Waals surface area contributed by atoms with E-state index in [1.807, 2.05) is 0 Å². The lowest BCUT2D eigenvalue weighted by Crippen LogP contribution is -2.22. The van der Waals surface area contributed by atoms with Gasteiger partial charge in [0, 0.05) is 12.1 Å². The van der Waals surface area contributed by atoms with Crippen molar-refractivity contribution in [1.82, 2.24) is 0 Å². The van der Waals surface area contributed by atoms with Crippen molar-refractivity contribution in [3.05, 3.63) is 28.1 Å². The predicted molar refractivity (Wildman–Crippen MR) is 70.0 cm³/mol. The van der Waals surface area contributed by atoms with Gasteiger partial charge in [-0.25, -0.2) is 4.39 Å². The SMILES string of the molecule is COc1cc(NC2CCCC2C)c(F)cc1[N+](=O)[O-]. The van der Waals surface area contributed by atoms with Gasteiger partial charge in [-0.05, 0) is 18.8 Å². The number of nitrogens with one attached hydrogen (secondary N) is 1. The van der Waals surface area contributed by atoms with Gasteiger partial charge in [0.1, 0.15) is 0 Å². The van der Waals surface area contributed by atoms with Gasteiger partial charge in [-0.15, -0.1) is 0 Å². The number of anilines is 1. The zero-order valence-corrected chi connectivity index (χ0v) is 11.0. The molecule has 1 fully saturated rings. The van der Waals surface area contributed by atoms with Crippen molar-refractivity contribution < 1.29 is 14.1 Å². The molecule has 1 aromatic carbocycles. The van der Waals surface area contributed by atoms with Gasteiger partial charge in [0.05, 0.1) is 23.8 Å². The first-order valence-corrected chi connectivity index (χ1v) is 6.31. The molecule has 1 aromatic rings. The number of rotatable bonds is 4. The molecule has 1 aliphatic rings. The molecule has 1 aliphatic carbocycles. The van der Waals surface area contributed by atoms with Crippen molar-refractivity contribution >= 4 is 11.4 Å². The maximum Gasteiger partial charge on any atom is 0.313 e. The van der Waals surface area contributed by atoms with Crippen LogP contribution in [0.4, 0.5) is 15.8 Å². The van der Waals surface area contributed by atoms with E-state index in [4.69, 9.17) is 4.74 Å². The van der Waals surface area contributed by atoms with Crippen molar-refractivity contribution in [1.29, 1.82) is 0 Å². The second-order valence-corrected chi connectivity index (χ2v) is 4.92. The second kappa shape index (κ2) is 5.42. The third-order valence-corrected chi connectivity index (χ3v) is 3.67. The molecule has 0 aromatic heterocycles. The lowest BCUT2D eigenvalue weighted by atomic mass is 10.1. The van der Waals surface area contributed by atoms with Crippen molar-refractivity contribution in [2.45, 2.75) is 32.2 Å². The highest BCUT2D eigenvalue weighted by molar-refractivity contribution is 5.59. The van der Waals surface area contributed by atoms with Gasteiger partial charge in [-0.1, -0.05) is 13.3 Å². The summed E-state index contributed by atoms with van der Waals surface area (Å²) < 4.78 is 18.8. The Morgan fingerprint density at radius 3 is 2.74 bits per heavy atom. The minimum absolute atomic E-state index is 0.0690. The van der Waals surface area contributed by atoms with Crippen LogP contribution in [0.1, 0.15) is 26.2 Å². The Balaban J connectivity index is 2.28. The van der Waals surface area contributed by atoms with Crippen LogP contribution in [-0.2, 0) is 0 Å². The Labute approximate surface area is 110 Å². The molecular weight excluding hydrogens is 251 g/mol. The Bertz CT molecular complexity index is 493. The average molecular weight is 268 g/mol. The minimum atomic E-state index is -0.649. The molecule has 1 saturated carbocycles. The summed E-state index contributed by atoms with van der Waals surface area (Å²) in [5.74, 6) is -0.0771. The third-order valence-electron chi connectivity index (χ3n) is 3.67. The molecule has 2 rings (SSSR count). The van der Waals surface area contributed by atoms with E-state index in [0.29, 0.717) is 5.92 Å². The summed E-state index contributed by atoms with van der Waals surface area (Å²) in [7, 11) is 1.34. The number of ether oxygens (including phenoxy) is 1. The Kier molecular flexibility index (Phi) is 3.87. The number of nitro groups is 1. The molecule has 0 amide bonds. The lowest BCUT2D eigenvalue weighted by molar-refractivity contribution is -0.385. The van der Waals surface area contributed by atoms with Gasteiger partial charge < -0.3 is 10.1 Å². The van der Waals surface area contributed by atoms with Gasteiger partial charge in [0.15, 0.2) is 11.6 Å². The highest BCUT2D eigenvalue weighted by atomic mass is 19.1. The molecular formula is C13H17FN2O3. The van der Waals surface area contributed by atoms with Crippen molar-refractivity contribution in [2.24, 2.45) is 5.92 Å². The Morgan fingerprint density at radius 1 is 1.47 bits per heavy atom. The van der Waals surface area contributed by atoms with E-state index in [1.165, 1.54) is 13.2 Å². The molecule has 2 atom stereocenters. The fourth-order valence-electron chi connectivity index (χ4n) is 2.52. The molecule has 19 heavy (non-hydrogen) atoms. The van der Waals surface area contributed by atoms with E-state index in [9.17, 15) is 14.5 Å².